The Balaban J connectivity index is 2.16. The average Bonchev–Trinajstić information content (AvgIpc) is 2.53. The van der Waals surface area contributed by atoms with Crippen LogP contribution < -0.4 is 4.74 Å². The molecule has 0 saturated heterocycles. The van der Waals surface area contributed by atoms with Crippen molar-refractivity contribution in [2.75, 3.05) is 6.61 Å². The van der Waals surface area contributed by atoms with E-state index in [1.54, 1.807) is 12.1 Å². The van der Waals surface area contributed by atoms with Gasteiger partial charge in [-0.2, -0.15) is 0 Å². The third kappa shape index (κ3) is 5.14. The van der Waals surface area contributed by atoms with Gasteiger partial charge in [-0.05, 0) is 43.7 Å². The monoisotopic (exact) mass is 340 g/mol. The summed E-state index contributed by atoms with van der Waals surface area (Å²) >= 11 is 0. The van der Waals surface area contributed by atoms with E-state index in [0.29, 0.717) is 12.2 Å². The van der Waals surface area contributed by atoms with Crippen LogP contribution in [0.15, 0.2) is 54.1 Å². The maximum atomic E-state index is 12.2. The van der Waals surface area contributed by atoms with Crippen molar-refractivity contribution in [1.82, 2.24) is 0 Å². The number of rotatable bonds is 6. The second-order valence-corrected chi connectivity index (χ2v) is 5.72. The lowest BCUT2D eigenvalue weighted by molar-refractivity contribution is 0.104. The third-order valence-electron chi connectivity index (χ3n) is 3.38. The quantitative estimate of drug-likeness (QED) is 0.420. The molecule has 0 amide bonds. The van der Waals surface area contributed by atoms with Gasteiger partial charge in [-0.15, -0.1) is 0 Å². The van der Waals surface area contributed by atoms with Crippen LogP contribution in [0.5, 0.6) is 23.0 Å². The summed E-state index contributed by atoms with van der Waals surface area (Å²) in [6.07, 6.45) is 4.62. The first-order valence-electron chi connectivity index (χ1n) is 7.70. The Morgan fingerprint density at radius 3 is 2.20 bits per heavy atom. The lowest BCUT2D eigenvalue weighted by Gasteiger charge is -2.09. The van der Waals surface area contributed by atoms with Gasteiger partial charge in [-0.1, -0.05) is 23.8 Å². The highest BCUT2D eigenvalue weighted by atomic mass is 16.5. The molecule has 0 bridgehead atoms. The highest BCUT2D eigenvalue weighted by Gasteiger charge is 2.16. The van der Waals surface area contributed by atoms with E-state index in [1.807, 2.05) is 19.9 Å². The molecule has 5 heteroatoms. The molecule has 0 radical (unpaired) electrons. The van der Waals surface area contributed by atoms with Crippen LogP contribution in [0.1, 0.15) is 29.8 Å². The number of benzene rings is 2. The van der Waals surface area contributed by atoms with Crippen LogP contribution in [0.2, 0.25) is 0 Å². The van der Waals surface area contributed by atoms with Crippen molar-refractivity contribution in [1.29, 1.82) is 0 Å². The Morgan fingerprint density at radius 2 is 1.64 bits per heavy atom. The largest absolute Gasteiger partial charge is 0.508 e. The first-order chi connectivity index (χ1) is 11.9. The third-order valence-corrected chi connectivity index (χ3v) is 3.38. The summed E-state index contributed by atoms with van der Waals surface area (Å²) < 4.78 is 5.40. The molecule has 130 valence electrons. The number of carbonyl (C=O) groups excluding carboxylic acids is 1. The molecule has 2 aromatic rings. The van der Waals surface area contributed by atoms with E-state index in [4.69, 9.17) is 4.74 Å². The lowest BCUT2D eigenvalue weighted by atomic mass is 10.1. The number of ketones is 1. The normalized spacial score (nSPS) is 10.6. The summed E-state index contributed by atoms with van der Waals surface area (Å²) in [5.74, 6) is -0.854. The van der Waals surface area contributed by atoms with Crippen LogP contribution in [-0.4, -0.2) is 27.7 Å². The fourth-order valence-corrected chi connectivity index (χ4v) is 2.07. The second kappa shape index (κ2) is 8.06. The van der Waals surface area contributed by atoms with E-state index in [9.17, 15) is 20.1 Å². The maximum Gasteiger partial charge on any atom is 0.193 e. The number of aromatic hydroxyl groups is 3. The van der Waals surface area contributed by atoms with Crippen molar-refractivity contribution in [2.45, 2.75) is 13.8 Å². The van der Waals surface area contributed by atoms with Crippen LogP contribution in [0, 0.1) is 0 Å². The van der Waals surface area contributed by atoms with Gasteiger partial charge in [0.1, 0.15) is 35.2 Å². The van der Waals surface area contributed by atoms with E-state index < -0.39 is 5.78 Å². The number of allylic oxidation sites excluding steroid dienone is 2. The molecule has 2 rings (SSSR count). The van der Waals surface area contributed by atoms with E-state index in [0.717, 1.165) is 5.57 Å². The summed E-state index contributed by atoms with van der Waals surface area (Å²) in [6.45, 7) is 4.16. The van der Waals surface area contributed by atoms with Gasteiger partial charge in [0, 0.05) is 12.1 Å². The van der Waals surface area contributed by atoms with Crippen LogP contribution >= 0.6 is 0 Å². The predicted octanol–water partition coefficient (Wildman–Crippen LogP) is 4.04. The molecule has 0 heterocycles. The first-order valence-corrected chi connectivity index (χ1v) is 7.70. The molecule has 0 fully saturated rings. The SMILES string of the molecule is CC(C)=CCOc1cc(O)c(C(=O)/C=C/c2ccc(O)cc2)c(O)c1. The predicted molar refractivity (Wildman–Crippen MR) is 96.2 cm³/mol. The zero-order valence-corrected chi connectivity index (χ0v) is 14.1. The molecule has 0 aromatic heterocycles. The molecule has 0 aliphatic rings. The number of ether oxygens (including phenoxy) is 1. The van der Waals surface area contributed by atoms with Gasteiger partial charge >= 0.3 is 0 Å². The number of carbonyl (C=O) groups is 1. The first kappa shape index (κ1) is 18.1. The van der Waals surface area contributed by atoms with Crippen LogP contribution in [0.4, 0.5) is 0 Å². The maximum absolute atomic E-state index is 12.2. The zero-order valence-electron chi connectivity index (χ0n) is 14.1. The Labute approximate surface area is 146 Å². The van der Waals surface area contributed by atoms with Gasteiger partial charge in [0.25, 0.3) is 0 Å². The van der Waals surface area contributed by atoms with Gasteiger partial charge in [0.15, 0.2) is 5.78 Å². The van der Waals surface area contributed by atoms with E-state index in [-0.39, 0.29) is 28.6 Å². The van der Waals surface area contributed by atoms with Crippen LogP contribution in [-0.2, 0) is 0 Å². The molecule has 0 aliphatic carbocycles. The highest BCUT2D eigenvalue weighted by molar-refractivity contribution is 6.10. The Hall–Kier alpha value is -3.21. The molecule has 3 N–H and O–H groups in total. The van der Waals surface area contributed by atoms with Crippen LogP contribution in [0.25, 0.3) is 6.08 Å². The summed E-state index contributed by atoms with van der Waals surface area (Å²) in [4.78, 5) is 12.2. The van der Waals surface area contributed by atoms with Gasteiger partial charge < -0.3 is 20.1 Å². The van der Waals surface area contributed by atoms with Crippen molar-refractivity contribution in [2.24, 2.45) is 0 Å². The average molecular weight is 340 g/mol. The van der Waals surface area contributed by atoms with E-state index >= 15 is 0 Å². The molecule has 0 atom stereocenters. The summed E-state index contributed by atoms with van der Waals surface area (Å²) in [6, 6.07) is 8.85. The van der Waals surface area contributed by atoms with Crippen molar-refractivity contribution in [3.05, 3.63) is 65.3 Å². The molecular formula is C20H20O5. The lowest BCUT2D eigenvalue weighted by Crippen LogP contribution is -1.99. The van der Waals surface area contributed by atoms with E-state index in [2.05, 4.69) is 0 Å². The van der Waals surface area contributed by atoms with Crippen LogP contribution in [0.3, 0.4) is 0 Å². The molecule has 0 aliphatic heterocycles. The standard InChI is InChI=1S/C20H20O5/c1-13(2)9-10-25-16-11-18(23)20(19(24)12-16)17(22)8-5-14-3-6-15(21)7-4-14/h3-9,11-12,21,23-24H,10H2,1-2H3/b8-5+. The molecular weight excluding hydrogens is 320 g/mol. The summed E-state index contributed by atoms with van der Waals surface area (Å²) in [5, 5.41) is 29.3. The molecule has 0 saturated carbocycles. The Morgan fingerprint density at radius 1 is 1.04 bits per heavy atom. The molecule has 2 aromatic carbocycles. The van der Waals surface area contributed by atoms with Gasteiger partial charge in [-0.25, -0.2) is 0 Å². The number of hydrogen-bond donors (Lipinski definition) is 3. The topological polar surface area (TPSA) is 87.0 Å². The number of phenolic OH excluding ortho intramolecular Hbond substituents is 3. The molecule has 25 heavy (non-hydrogen) atoms. The molecule has 0 spiro atoms. The van der Waals surface area contributed by atoms with Crippen molar-refractivity contribution in [3.63, 3.8) is 0 Å². The van der Waals surface area contributed by atoms with Crippen molar-refractivity contribution in [3.8, 4) is 23.0 Å². The molecule has 0 unspecified atom stereocenters. The second-order valence-electron chi connectivity index (χ2n) is 5.72. The Kier molecular flexibility index (Phi) is 5.84. The smallest absolute Gasteiger partial charge is 0.193 e. The fraction of sp³-hybridized carbons (Fsp3) is 0.150. The summed E-state index contributed by atoms with van der Waals surface area (Å²) in [5.41, 5.74) is 1.59. The summed E-state index contributed by atoms with van der Waals surface area (Å²) in [7, 11) is 0. The minimum absolute atomic E-state index is 0.127. The van der Waals surface area contributed by atoms with Crippen molar-refractivity contribution >= 4 is 11.9 Å². The van der Waals surface area contributed by atoms with Gasteiger partial charge in [0.2, 0.25) is 0 Å². The Bertz CT molecular complexity index is 789. The van der Waals surface area contributed by atoms with E-state index in [1.165, 1.54) is 36.4 Å². The molecule has 5 nitrogen and oxygen atoms in total. The van der Waals surface area contributed by atoms with Gasteiger partial charge in [0.05, 0.1) is 0 Å². The minimum atomic E-state index is -0.543. The fourth-order valence-electron chi connectivity index (χ4n) is 2.07. The minimum Gasteiger partial charge on any atom is -0.508 e. The number of hydrogen-bond acceptors (Lipinski definition) is 5. The highest BCUT2D eigenvalue weighted by Crippen LogP contribution is 2.33. The zero-order chi connectivity index (χ0) is 18.4. The van der Waals surface area contributed by atoms with Crippen molar-refractivity contribution < 1.29 is 24.9 Å². The van der Waals surface area contributed by atoms with Gasteiger partial charge in [-0.3, -0.25) is 4.79 Å². The number of phenols is 3.